The Morgan fingerprint density at radius 1 is 0.824 bits per heavy atom. The van der Waals surface area contributed by atoms with E-state index in [1.54, 1.807) is 0 Å². The van der Waals surface area contributed by atoms with Crippen LogP contribution in [0.4, 0.5) is 26.3 Å². The van der Waals surface area contributed by atoms with Crippen LogP contribution in [0.5, 0.6) is 0 Å². The van der Waals surface area contributed by atoms with E-state index in [9.17, 15) is 31.4 Å². The second kappa shape index (κ2) is 3.52. The molecule has 2 bridgehead atoms. The van der Waals surface area contributed by atoms with Crippen molar-refractivity contribution in [2.24, 2.45) is 17.8 Å². The fourth-order valence-electron chi connectivity index (χ4n) is 3.34. The number of aliphatic hydroxyl groups is 1. The molecule has 3 unspecified atom stereocenters. The molecular formula is C10H12F6O. The normalized spacial score (nSPS) is 34.4. The topological polar surface area (TPSA) is 20.2 Å². The Balaban J connectivity index is 2.35. The third kappa shape index (κ3) is 1.73. The van der Waals surface area contributed by atoms with Crippen molar-refractivity contribution in [1.82, 2.24) is 0 Å². The first-order chi connectivity index (χ1) is 7.57. The quantitative estimate of drug-likeness (QED) is 0.719. The molecule has 7 heteroatoms. The number of alkyl halides is 6. The van der Waals surface area contributed by atoms with Crippen LogP contribution < -0.4 is 0 Å². The summed E-state index contributed by atoms with van der Waals surface area (Å²) in [5.41, 5.74) is -4.54. The zero-order valence-corrected chi connectivity index (χ0v) is 8.78. The van der Waals surface area contributed by atoms with E-state index in [1.165, 1.54) is 0 Å². The van der Waals surface area contributed by atoms with Gasteiger partial charge in [-0.05, 0) is 31.1 Å². The highest BCUT2D eigenvalue weighted by Crippen LogP contribution is 2.59. The zero-order chi connectivity index (χ0) is 13.1. The van der Waals surface area contributed by atoms with E-state index >= 15 is 0 Å². The predicted octanol–water partition coefficient (Wildman–Crippen LogP) is 3.28. The van der Waals surface area contributed by atoms with Crippen molar-refractivity contribution in [3.63, 3.8) is 0 Å². The molecule has 2 aliphatic rings. The molecule has 3 atom stereocenters. The summed E-state index contributed by atoms with van der Waals surface area (Å²) in [6, 6.07) is 0. The van der Waals surface area contributed by atoms with Crippen LogP contribution in [0.3, 0.4) is 0 Å². The highest BCUT2D eigenvalue weighted by Gasteiger charge is 2.75. The summed E-state index contributed by atoms with van der Waals surface area (Å²) >= 11 is 0. The summed E-state index contributed by atoms with van der Waals surface area (Å²) in [5.74, 6) is -2.49. The van der Waals surface area contributed by atoms with Crippen molar-refractivity contribution in [2.45, 2.75) is 43.6 Å². The molecule has 2 fully saturated rings. The minimum Gasteiger partial charge on any atom is -0.373 e. The lowest BCUT2D eigenvalue weighted by Gasteiger charge is -2.40. The summed E-state index contributed by atoms with van der Waals surface area (Å²) in [6.07, 6.45) is -10.1. The standard InChI is InChI=1S/C10H12F6O/c11-9(12,13)8(17,10(14,15)16)7-4-5-1-2-6(7)3-5/h5-7,17H,1-4H2. The molecule has 0 aromatic carbocycles. The van der Waals surface area contributed by atoms with Gasteiger partial charge in [-0.2, -0.15) is 26.3 Å². The molecule has 0 aromatic rings. The Morgan fingerprint density at radius 3 is 1.65 bits per heavy atom. The summed E-state index contributed by atoms with van der Waals surface area (Å²) < 4.78 is 75.6. The molecule has 0 spiro atoms. The van der Waals surface area contributed by atoms with Crippen molar-refractivity contribution >= 4 is 0 Å². The number of hydrogen-bond donors (Lipinski definition) is 1. The molecule has 0 aliphatic heterocycles. The van der Waals surface area contributed by atoms with Gasteiger partial charge >= 0.3 is 12.4 Å². The lowest BCUT2D eigenvalue weighted by atomic mass is 9.75. The Bertz CT molecular complexity index is 293. The first kappa shape index (κ1) is 13.0. The van der Waals surface area contributed by atoms with Crippen LogP contribution in [0.15, 0.2) is 0 Å². The average Bonchev–Trinajstić information content (AvgIpc) is 2.73. The summed E-state index contributed by atoms with van der Waals surface area (Å²) in [5, 5.41) is 9.26. The van der Waals surface area contributed by atoms with Crippen molar-refractivity contribution in [3.8, 4) is 0 Å². The molecule has 2 saturated carbocycles. The van der Waals surface area contributed by atoms with Crippen LogP contribution >= 0.6 is 0 Å². The van der Waals surface area contributed by atoms with Crippen LogP contribution in [-0.2, 0) is 0 Å². The second-order valence-electron chi connectivity index (χ2n) is 5.04. The van der Waals surface area contributed by atoms with E-state index in [-0.39, 0.29) is 12.3 Å². The van der Waals surface area contributed by atoms with Gasteiger partial charge in [-0.25, -0.2) is 0 Å². The molecule has 100 valence electrons. The second-order valence-corrected chi connectivity index (χ2v) is 5.04. The van der Waals surface area contributed by atoms with Gasteiger partial charge in [0.2, 0.25) is 0 Å². The maximum absolute atomic E-state index is 12.6. The lowest BCUT2D eigenvalue weighted by Crippen LogP contribution is -2.62. The van der Waals surface area contributed by atoms with Crippen molar-refractivity contribution < 1.29 is 31.4 Å². The molecule has 0 aromatic heterocycles. The molecule has 0 amide bonds. The van der Waals surface area contributed by atoms with Crippen LogP contribution in [-0.4, -0.2) is 23.1 Å². The Hall–Kier alpha value is -0.460. The zero-order valence-electron chi connectivity index (χ0n) is 8.78. The van der Waals surface area contributed by atoms with E-state index in [0.29, 0.717) is 19.3 Å². The average molecular weight is 262 g/mol. The molecule has 0 saturated heterocycles. The smallest absolute Gasteiger partial charge is 0.373 e. The highest BCUT2D eigenvalue weighted by atomic mass is 19.4. The van der Waals surface area contributed by atoms with E-state index in [1.807, 2.05) is 0 Å². The molecule has 2 rings (SSSR count). The number of rotatable bonds is 1. The lowest BCUT2D eigenvalue weighted by molar-refractivity contribution is -0.388. The number of halogens is 6. The fourth-order valence-corrected chi connectivity index (χ4v) is 3.34. The molecule has 2 aliphatic carbocycles. The van der Waals surface area contributed by atoms with E-state index < -0.39 is 29.8 Å². The summed E-state index contributed by atoms with van der Waals surface area (Å²) in [7, 11) is 0. The number of hydrogen-bond acceptors (Lipinski definition) is 1. The van der Waals surface area contributed by atoms with Gasteiger partial charge in [0.15, 0.2) is 0 Å². The van der Waals surface area contributed by atoms with Gasteiger partial charge in [0.1, 0.15) is 0 Å². The minimum absolute atomic E-state index is 0.0961. The molecule has 1 nitrogen and oxygen atoms in total. The van der Waals surface area contributed by atoms with Crippen LogP contribution in [0.1, 0.15) is 25.7 Å². The van der Waals surface area contributed by atoms with Crippen molar-refractivity contribution in [3.05, 3.63) is 0 Å². The van der Waals surface area contributed by atoms with Gasteiger partial charge < -0.3 is 5.11 Å². The van der Waals surface area contributed by atoms with Gasteiger partial charge in [-0.1, -0.05) is 6.42 Å². The Morgan fingerprint density at radius 2 is 1.35 bits per heavy atom. The van der Waals surface area contributed by atoms with Crippen molar-refractivity contribution in [1.29, 1.82) is 0 Å². The minimum atomic E-state index is -5.67. The molecule has 0 radical (unpaired) electrons. The molecule has 17 heavy (non-hydrogen) atoms. The highest BCUT2D eigenvalue weighted by molar-refractivity contribution is 5.06. The van der Waals surface area contributed by atoms with Gasteiger partial charge in [0.25, 0.3) is 5.60 Å². The van der Waals surface area contributed by atoms with Crippen molar-refractivity contribution in [2.75, 3.05) is 0 Å². The van der Waals surface area contributed by atoms with Crippen LogP contribution in [0.25, 0.3) is 0 Å². The van der Waals surface area contributed by atoms with E-state index in [0.717, 1.165) is 0 Å². The van der Waals surface area contributed by atoms with Gasteiger partial charge in [0.05, 0.1) is 0 Å². The fraction of sp³-hybridized carbons (Fsp3) is 1.00. The Labute approximate surface area is 93.8 Å². The maximum atomic E-state index is 12.6. The van der Waals surface area contributed by atoms with Gasteiger partial charge in [-0.3, -0.25) is 0 Å². The molecule has 0 heterocycles. The largest absolute Gasteiger partial charge is 0.426 e. The third-order valence-electron chi connectivity index (χ3n) is 4.14. The van der Waals surface area contributed by atoms with E-state index in [2.05, 4.69) is 0 Å². The van der Waals surface area contributed by atoms with Gasteiger partial charge in [0, 0.05) is 5.92 Å². The number of fused-ring (bicyclic) bond motifs is 2. The van der Waals surface area contributed by atoms with Gasteiger partial charge in [-0.15, -0.1) is 0 Å². The maximum Gasteiger partial charge on any atom is 0.426 e. The van der Waals surface area contributed by atoms with Crippen LogP contribution in [0.2, 0.25) is 0 Å². The molecular weight excluding hydrogens is 250 g/mol. The predicted molar refractivity (Wildman–Crippen MR) is 46.0 cm³/mol. The first-order valence-electron chi connectivity index (χ1n) is 5.43. The summed E-state index contributed by atoms with van der Waals surface area (Å²) in [4.78, 5) is 0. The Kier molecular flexibility index (Phi) is 2.69. The SMILES string of the molecule is OC(C1CC2CCC1C2)(C(F)(F)F)C(F)(F)F. The first-order valence-corrected chi connectivity index (χ1v) is 5.43. The monoisotopic (exact) mass is 262 g/mol. The summed E-state index contributed by atoms with van der Waals surface area (Å²) in [6.45, 7) is 0. The van der Waals surface area contributed by atoms with E-state index in [4.69, 9.17) is 0 Å². The third-order valence-corrected chi connectivity index (χ3v) is 4.14. The molecule has 1 N–H and O–H groups in total. The van der Waals surface area contributed by atoms with Crippen LogP contribution in [0, 0.1) is 17.8 Å².